The van der Waals surface area contributed by atoms with Crippen molar-refractivity contribution in [3.8, 4) is 11.5 Å². The lowest BCUT2D eigenvalue weighted by atomic mass is 9.95. The molecule has 0 bridgehead atoms. The largest absolute Gasteiger partial charge is 0.490 e. The Bertz CT molecular complexity index is 1580. The number of nitrogens with zero attached hydrogens (tertiary/aromatic N) is 2. The van der Waals surface area contributed by atoms with Gasteiger partial charge in [-0.2, -0.15) is 0 Å². The van der Waals surface area contributed by atoms with E-state index in [9.17, 15) is 14.4 Å². The monoisotopic (exact) mass is 536 g/mol. The fourth-order valence-electron chi connectivity index (χ4n) is 4.20. The lowest BCUT2D eigenvalue weighted by Gasteiger charge is -2.24. The van der Waals surface area contributed by atoms with E-state index in [2.05, 4.69) is 4.99 Å². The Morgan fingerprint density at radius 3 is 2.47 bits per heavy atom. The van der Waals surface area contributed by atoms with Crippen molar-refractivity contribution in [2.75, 3.05) is 19.8 Å². The molecule has 0 aliphatic carbocycles. The number of hydrogen-bond donors (Lipinski definition) is 1. The standard InChI is InChI=1S/C28H28N2O7S/c1-5-35-20-9-7-8-19(25(20)37-15-22(31)32)14-21-26(33)30-24(18-12-10-16(3)11-13-18)23(27(34)36-6-2)17(4)29-28(30)38-21/h7-14,24H,5-6,15H2,1-4H3,(H,31,32)/b21-14+/t24-/m0/s1. The number of carbonyl (C=O) groups is 2. The minimum absolute atomic E-state index is 0.190. The van der Waals surface area contributed by atoms with Crippen molar-refractivity contribution in [2.45, 2.75) is 33.7 Å². The van der Waals surface area contributed by atoms with Gasteiger partial charge in [0.1, 0.15) is 0 Å². The maximum atomic E-state index is 13.8. The molecule has 1 aliphatic rings. The summed E-state index contributed by atoms with van der Waals surface area (Å²) in [6.45, 7) is 7.20. The number of para-hydroxylation sites is 1. The number of fused-ring (bicyclic) bond motifs is 1. The Hall–Kier alpha value is -4.18. The average Bonchev–Trinajstić information content (AvgIpc) is 3.17. The Balaban J connectivity index is 1.93. The minimum atomic E-state index is -1.14. The summed E-state index contributed by atoms with van der Waals surface area (Å²) >= 11 is 1.17. The maximum Gasteiger partial charge on any atom is 0.341 e. The van der Waals surface area contributed by atoms with E-state index in [1.54, 1.807) is 45.0 Å². The van der Waals surface area contributed by atoms with E-state index in [4.69, 9.17) is 19.3 Å². The molecule has 4 rings (SSSR count). The van der Waals surface area contributed by atoms with E-state index in [0.717, 1.165) is 11.1 Å². The number of aromatic nitrogens is 1. The normalized spacial score (nSPS) is 15.1. The molecule has 0 unspecified atom stereocenters. The van der Waals surface area contributed by atoms with Crippen LogP contribution in [-0.4, -0.2) is 41.4 Å². The first kappa shape index (κ1) is 26.9. The quantitative estimate of drug-likeness (QED) is 0.418. The molecule has 0 radical (unpaired) electrons. The van der Waals surface area contributed by atoms with Crippen LogP contribution in [0, 0.1) is 6.92 Å². The van der Waals surface area contributed by atoms with Crippen LogP contribution in [-0.2, 0) is 14.3 Å². The second kappa shape index (κ2) is 11.5. The van der Waals surface area contributed by atoms with E-state index in [-0.39, 0.29) is 17.9 Å². The molecular formula is C28H28N2O7S. The van der Waals surface area contributed by atoms with Gasteiger partial charge in [0.2, 0.25) is 0 Å². The van der Waals surface area contributed by atoms with Crippen molar-refractivity contribution in [3.05, 3.63) is 90.1 Å². The summed E-state index contributed by atoms with van der Waals surface area (Å²) in [5.41, 5.74) is 2.71. The van der Waals surface area contributed by atoms with Crippen LogP contribution >= 0.6 is 11.3 Å². The summed E-state index contributed by atoms with van der Waals surface area (Å²) in [5.74, 6) is -1.07. The highest BCUT2D eigenvalue weighted by atomic mass is 32.1. The third-order valence-corrected chi connectivity index (χ3v) is 6.83. The third kappa shape index (κ3) is 5.40. The number of aryl methyl sites for hydroxylation is 1. The van der Waals surface area contributed by atoms with Crippen LogP contribution in [0.5, 0.6) is 11.5 Å². The molecule has 0 fully saturated rings. The fourth-order valence-corrected chi connectivity index (χ4v) is 5.24. The van der Waals surface area contributed by atoms with Crippen molar-refractivity contribution in [1.29, 1.82) is 0 Å². The van der Waals surface area contributed by atoms with Crippen LogP contribution in [0.2, 0.25) is 0 Å². The van der Waals surface area contributed by atoms with Crippen LogP contribution < -0.4 is 24.4 Å². The Kier molecular flexibility index (Phi) is 8.11. The Labute approximate surface area is 222 Å². The second-order valence-electron chi connectivity index (χ2n) is 8.50. The number of carboxylic acids is 1. The molecule has 0 saturated carbocycles. The topological polar surface area (TPSA) is 116 Å². The Morgan fingerprint density at radius 2 is 1.82 bits per heavy atom. The average molecular weight is 537 g/mol. The number of benzene rings is 2. The molecule has 1 aliphatic heterocycles. The zero-order valence-corrected chi connectivity index (χ0v) is 22.3. The summed E-state index contributed by atoms with van der Waals surface area (Å²) in [7, 11) is 0. The van der Waals surface area contributed by atoms with Gasteiger partial charge in [-0.3, -0.25) is 9.36 Å². The number of carboxylic acid groups (broad SMARTS) is 1. The predicted octanol–water partition coefficient (Wildman–Crippen LogP) is 2.97. The first-order valence-corrected chi connectivity index (χ1v) is 12.9. The third-order valence-electron chi connectivity index (χ3n) is 5.85. The van der Waals surface area contributed by atoms with Crippen molar-refractivity contribution in [1.82, 2.24) is 4.57 Å². The summed E-state index contributed by atoms with van der Waals surface area (Å²) in [6, 6.07) is 12.0. The summed E-state index contributed by atoms with van der Waals surface area (Å²) in [6.07, 6.45) is 1.62. The molecule has 0 amide bonds. The molecule has 0 spiro atoms. The van der Waals surface area contributed by atoms with Gasteiger partial charge in [-0.25, -0.2) is 14.6 Å². The van der Waals surface area contributed by atoms with Gasteiger partial charge in [0.05, 0.1) is 35.1 Å². The number of aliphatic carboxylic acids is 1. The smallest absolute Gasteiger partial charge is 0.341 e. The minimum Gasteiger partial charge on any atom is -0.490 e. The summed E-state index contributed by atoms with van der Waals surface area (Å²) < 4.78 is 18.3. The van der Waals surface area contributed by atoms with E-state index in [0.29, 0.717) is 38.5 Å². The fraction of sp³-hybridized carbons (Fsp3) is 0.286. The summed E-state index contributed by atoms with van der Waals surface area (Å²) in [4.78, 5) is 43.0. The number of esters is 1. The predicted molar refractivity (Wildman–Crippen MR) is 142 cm³/mol. The van der Waals surface area contributed by atoms with Crippen molar-refractivity contribution in [2.24, 2.45) is 4.99 Å². The van der Waals surface area contributed by atoms with Gasteiger partial charge in [-0.05, 0) is 45.4 Å². The molecule has 1 aromatic heterocycles. The van der Waals surface area contributed by atoms with Gasteiger partial charge < -0.3 is 19.3 Å². The number of ether oxygens (including phenoxy) is 3. The molecule has 2 aromatic carbocycles. The van der Waals surface area contributed by atoms with Gasteiger partial charge in [0.25, 0.3) is 5.56 Å². The van der Waals surface area contributed by atoms with Crippen molar-refractivity contribution >= 4 is 29.4 Å². The van der Waals surface area contributed by atoms with Crippen LogP contribution in [0.3, 0.4) is 0 Å². The molecule has 1 atom stereocenters. The molecule has 1 N–H and O–H groups in total. The maximum absolute atomic E-state index is 13.8. The number of allylic oxidation sites excluding steroid dienone is 1. The molecule has 0 saturated heterocycles. The first-order chi connectivity index (χ1) is 18.2. The van der Waals surface area contributed by atoms with Gasteiger partial charge >= 0.3 is 11.9 Å². The highest BCUT2D eigenvalue weighted by molar-refractivity contribution is 7.07. The number of carbonyl (C=O) groups excluding carboxylic acids is 1. The number of thiazole rings is 1. The Morgan fingerprint density at radius 1 is 1.08 bits per heavy atom. The van der Waals surface area contributed by atoms with E-state index >= 15 is 0 Å². The molecule has 198 valence electrons. The van der Waals surface area contributed by atoms with Crippen LogP contribution in [0.25, 0.3) is 6.08 Å². The van der Waals surface area contributed by atoms with Crippen molar-refractivity contribution < 1.29 is 28.9 Å². The van der Waals surface area contributed by atoms with Crippen molar-refractivity contribution in [3.63, 3.8) is 0 Å². The van der Waals surface area contributed by atoms with E-state index in [1.807, 2.05) is 31.2 Å². The highest BCUT2D eigenvalue weighted by Crippen LogP contribution is 2.33. The lowest BCUT2D eigenvalue weighted by molar-refractivity contribution is -0.140. The second-order valence-corrected chi connectivity index (χ2v) is 9.51. The van der Waals surface area contributed by atoms with E-state index in [1.165, 1.54) is 15.9 Å². The molecule has 3 aromatic rings. The van der Waals surface area contributed by atoms with Gasteiger partial charge in [-0.15, -0.1) is 0 Å². The number of hydrogen-bond acceptors (Lipinski definition) is 8. The molecular weight excluding hydrogens is 508 g/mol. The SMILES string of the molecule is CCOC(=O)C1=C(C)N=c2s/c(=C/c3cccc(OCC)c3OCC(=O)O)c(=O)n2[C@H]1c1ccc(C)cc1. The van der Waals surface area contributed by atoms with Gasteiger partial charge in [0.15, 0.2) is 22.9 Å². The molecule has 2 heterocycles. The lowest BCUT2D eigenvalue weighted by Crippen LogP contribution is -2.39. The van der Waals surface area contributed by atoms with Crippen LogP contribution in [0.4, 0.5) is 0 Å². The molecule has 9 nitrogen and oxygen atoms in total. The highest BCUT2D eigenvalue weighted by Gasteiger charge is 2.33. The molecule has 10 heteroatoms. The van der Waals surface area contributed by atoms with Gasteiger partial charge in [-0.1, -0.05) is 53.3 Å². The molecule has 38 heavy (non-hydrogen) atoms. The zero-order valence-electron chi connectivity index (χ0n) is 21.5. The zero-order chi connectivity index (χ0) is 27.4. The van der Waals surface area contributed by atoms with Crippen LogP contribution in [0.15, 0.2) is 63.5 Å². The number of rotatable bonds is 9. The van der Waals surface area contributed by atoms with E-state index < -0.39 is 24.6 Å². The van der Waals surface area contributed by atoms with Crippen LogP contribution in [0.1, 0.15) is 43.5 Å². The first-order valence-electron chi connectivity index (χ1n) is 12.1. The van der Waals surface area contributed by atoms with Gasteiger partial charge in [0, 0.05) is 5.56 Å². The summed E-state index contributed by atoms with van der Waals surface area (Å²) in [5, 5.41) is 9.14.